The van der Waals surface area contributed by atoms with Gasteiger partial charge in [-0.3, -0.25) is 5.41 Å². The predicted octanol–water partition coefficient (Wildman–Crippen LogP) is 3.66. The first-order valence-electron chi connectivity index (χ1n) is 4.60. The Morgan fingerprint density at radius 3 is 2.47 bits per heavy atom. The fourth-order valence-electron chi connectivity index (χ4n) is 1.10. The summed E-state index contributed by atoms with van der Waals surface area (Å²) in [5.41, 5.74) is 4.96. The molecule has 0 radical (unpaired) electrons. The van der Waals surface area contributed by atoms with E-state index in [2.05, 4.69) is 15.9 Å². The quantitative estimate of drug-likeness (QED) is 0.504. The Kier molecular flexibility index (Phi) is 4.88. The third kappa shape index (κ3) is 4.23. The number of amidine groups is 1. The Balaban J connectivity index is 2.72. The van der Waals surface area contributed by atoms with Crippen molar-refractivity contribution < 1.29 is 13.2 Å². The van der Waals surface area contributed by atoms with Crippen LogP contribution in [0.5, 0.6) is 0 Å². The highest BCUT2D eigenvalue weighted by Crippen LogP contribution is 2.34. The number of nitrogens with two attached hydrogens (primary N) is 1. The number of hydrogen-bond donors (Lipinski definition) is 2. The van der Waals surface area contributed by atoms with Crippen LogP contribution in [0.25, 0.3) is 0 Å². The Labute approximate surface area is 109 Å². The smallest absolute Gasteiger partial charge is 0.387 e. The molecule has 1 aromatic rings. The van der Waals surface area contributed by atoms with E-state index in [-0.39, 0.29) is 5.75 Å². The maximum Gasteiger partial charge on any atom is 0.399 e. The number of rotatable bonds is 4. The molecule has 17 heavy (non-hydrogen) atoms. The van der Waals surface area contributed by atoms with Crippen LogP contribution in [0.4, 0.5) is 13.2 Å². The van der Waals surface area contributed by atoms with Crippen LogP contribution in [0.15, 0.2) is 33.6 Å². The summed E-state index contributed by atoms with van der Waals surface area (Å²) in [6, 6.07) is 6.98. The van der Waals surface area contributed by atoms with Gasteiger partial charge in [0, 0.05) is 15.1 Å². The second kappa shape index (κ2) is 5.77. The molecule has 0 aliphatic carbocycles. The molecule has 0 aliphatic heterocycles. The Hall–Kier alpha value is -0.690. The average Bonchev–Trinajstić information content (AvgIpc) is 2.18. The number of benzene rings is 1. The normalized spacial score (nSPS) is 13.4. The van der Waals surface area contributed by atoms with Crippen LogP contribution >= 0.6 is 27.7 Å². The first kappa shape index (κ1) is 14.4. The minimum Gasteiger partial charge on any atom is -0.387 e. The van der Waals surface area contributed by atoms with Crippen LogP contribution in [0, 0.1) is 11.3 Å². The van der Waals surface area contributed by atoms with E-state index in [9.17, 15) is 13.2 Å². The van der Waals surface area contributed by atoms with Crippen molar-refractivity contribution in [1.82, 2.24) is 0 Å². The lowest BCUT2D eigenvalue weighted by molar-refractivity contribution is -0.149. The van der Waals surface area contributed by atoms with E-state index in [0.29, 0.717) is 4.90 Å². The summed E-state index contributed by atoms with van der Waals surface area (Å²) in [6.07, 6.45) is -4.47. The lowest BCUT2D eigenvalue weighted by Gasteiger charge is -2.18. The fraction of sp³-hybridized carbons (Fsp3) is 0.300. The van der Waals surface area contributed by atoms with Gasteiger partial charge in [0.15, 0.2) is 0 Å². The van der Waals surface area contributed by atoms with Crippen molar-refractivity contribution in [2.75, 3.05) is 5.75 Å². The van der Waals surface area contributed by atoms with E-state index in [4.69, 9.17) is 11.1 Å². The molecule has 0 aliphatic rings. The van der Waals surface area contributed by atoms with Crippen molar-refractivity contribution in [3.05, 3.63) is 28.7 Å². The van der Waals surface area contributed by atoms with Crippen LogP contribution in [-0.4, -0.2) is 17.8 Å². The van der Waals surface area contributed by atoms with Crippen LogP contribution in [0.1, 0.15) is 0 Å². The average molecular weight is 327 g/mol. The molecule has 1 unspecified atom stereocenters. The summed E-state index contributed by atoms with van der Waals surface area (Å²) in [6.45, 7) is 0. The monoisotopic (exact) mass is 326 g/mol. The molecule has 1 rings (SSSR count). The molecule has 0 bridgehead atoms. The number of nitrogens with one attached hydrogen (secondary N) is 1. The minimum atomic E-state index is -4.47. The molecule has 0 saturated carbocycles. The lowest BCUT2D eigenvalue weighted by atomic mass is 10.1. The van der Waals surface area contributed by atoms with Gasteiger partial charge >= 0.3 is 6.18 Å². The topological polar surface area (TPSA) is 49.9 Å². The molecule has 0 amide bonds. The SMILES string of the molecule is N=C(N)C(CSc1ccccc1Br)C(F)(F)F. The van der Waals surface area contributed by atoms with Crippen LogP contribution in [0.2, 0.25) is 0 Å². The van der Waals surface area contributed by atoms with Gasteiger partial charge in [0.25, 0.3) is 0 Å². The number of halogens is 4. The molecule has 1 aromatic carbocycles. The largest absolute Gasteiger partial charge is 0.399 e. The maximum atomic E-state index is 12.5. The van der Waals surface area contributed by atoms with Gasteiger partial charge < -0.3 is 5.73 Å². The molecule has 1 atom stereocenters. The fourth-order valence-corrected chi connectivity index (χ4v) is 2.82. The highest BCUT2D eigenvalue weighted by atomic mass is 79.9. The Morgan fingerprint density at radius 2 is 2.00 bits per heavy atom. The van der Waals surface area contributed by atoms with Crippen LogP contribution in [0.3, 0.4) is 0 Å². The van der Waals surface area contributed by atoms with Crippen molar-refractivity contribution in [2.24, 2.45) is 11.7 Å². The Bertz CT molecular complexity index is 409. The third-order valence-corrected chi connectivity index (χ3v) is 4.13. The molecule has 3 N–H and O–H groups in total. The summed E-state index contributed by atoms with van der Waals surface area (Å²) in [4.78, 5) is 0.697. The number of hydrogen-bond acceptors (Lipinski definition) is 2. The van der Waals surface area contributed by atoms with E-state index in [1.54, 1.807) is 24.3 Å². The standard InChI is InChI=1S/C10H10BrF3N2S/c11-7-3-1-2-4-8(7)17-5-6(9(15)16)10(12,13)14/h1-4,6H,5H2,(H3,15,16). The van der Waals surface area contributed by atoms with Gasteiger partial charge in [0.2, 0.25) is 0 Å². The Morgan fingerprint density at radius 1 is 1.41 bits per heavy atom. The van der Waals surface area contributed by atoms with Gasteiger partial charge in [-0.2, -0.15) is 13.2 Å². The van der Waals surface area contributed by atoms with Gasteiger partial charge in [-0.05, 0) is 28.1 Å². The summed E-state index contributed by atoms with van der Waals surface area (Å²) in [7, 11) is 0. The second-order valence-corrected chi connectivity index (χ2v) is 5.21. The minimum absolute atomic E-state index is 0.290. The first-order chi connectivity index (χ1) is 7.82. The molecule has 7 heteroatoms. The zero-order valence-electron chi connectivity index (χ0n) is 8.59. The molecule has 0 heterocycles. The molecule has 0 spiro atoms. The van der Waals surface area contributed by atoms with Crippen molar-refractivity contribution in [1.29, 1.82) is 5.41 Å². The van der Waals surface area contributed by atoms with E-state index in [0.717, 1.165) is 16.2 Å². The highest BCUT2D eigenvalue weighted by Gasteiger charge is 2.41. The summed E-state index contributed by atoms with van der Waals surface area (Å²) in [5.74, 6) is -3.04. The molecule has 0 aromatic heterocycles. The second-order valence-electron chi connectivity index (χ2n) is 3.29. The van der Waals surface area contributed by atoms with Crippen molar-refractivity contribution in [2.45, 2.75) is 11.1 Å². The van der Waals surface area contributed by atoms with Crippen molar-refractivity contribution in [3.63, 3.8) is 0 Å². The van der Waals surface area contributed by atoms with Gasteiger partial charge in [-0.15, -0.1) is 11.8 Å². The van der Waals surface area contributed by atoms with Gasteiger partial charge in [-0.25, -0.2) is 0 Å². The summed E-state index contributed by atoms with van der Waals surface area (Å²) in [5, 5.41) is 6.96. The van der Waals surface area contributed by atoms with Crippen LogP contribution in [-0.2, 0) is 0 Å². The summed E-state index contributed by atoms with van der Waals surface area (Å²) < 4.78 is 38.3. The molecular formula is C10H10BrF3N2S. The van der Waals surface area contributed by atoms with Crippen molar-refractivity contribution in [3.8, 4) is 0 Å². The maximum absolute atomic E-state index is 12.5. The van der Waals surface area contributed by atoms with E-state index < -0.39 is 17.9 Å². The lowest BCUT2D eigenvalue weighted by Crippen LogP contribution is -2.36. The highest BCUT2D eigenvalue weighted by molar-refractivity contribution is 9.10. The zero-order valence-corrected chi connectivity index (χ0v) is 11.0. The predicted molar refractivity (Wildman–Crippen MR) is 66.3 cm³/mol. The molecule has 0 saturated heterocycles. The molecule has 0 fully saturated rings. The van der Waals surface area contributed by atoms with Crippen molar-refractivity contribution >= 4 is 33.5 Å². The molecule has 2 nitrogen and oxygen atoms in total. The van der Waals surface area contributed by atoms with E-state index in [1.807, 2.05) is 0 Å². The van der Waals surface area contributed by atoms with Crippen LogP contribution < -0.4 is 5.73 Å². The third-order valence-electron chi connectivity index (χ3n) is 2.01. The van der Waals surface area contributed by atoms with Gasteiger partial charge in [0.1, 0.15) is 11.8 Å². The first-order valence-corrected chi connectivity index (χ1v) is 6.38. The number of alkyl halides is 3. The van der Waals surface area contributed by atoms with E-state index in [1.165, 1.54) is 0 Å². The van der Waals surface area contributed by atoms with Gasteiger partial charge in [-0.1, -0.05) is 12.1 Å². The molecular weight excluding hydrogens is 317 g/mol. The number of thioether (sulfide) groups is 1. The molecule has 94 valence electrons. The van der Waals surface area contributed by atoms with E-state index >= 15 is 0 Å². The zero-order chi connectivity index (χ0) is 13.1. The van der Waals surface area contributed by atoms with Gasteiger partial charge in [0.05, 0.1) is 0 Å². The summed E-state index contributed by atoms with van der Waals surface area (Å²) >= 11 is 4.27.